The molecule has 0 aliphatic rings. The first-order chi connectivity index (χ1) is 23.9. The van der Waals surface area contributed by atoms with Gasteiger partial charge in [-0.3, -0.25) is 13.8 Å². The quantitative estimate of drug-likeness (QED) is 0.0293. The fourth-order valence-corrected chi connectivity index (χ4v) is 5.99. The molecule has 9 heteroatoms. The Kier molecular flexibility index (Phi) is 34.7. The van der Waals surface area contributed by atoms with Crippen LogP contribution in [-0.2, 0) is 18.4 Å². The van der Waals surface area contributed by atoms with Crippen molar-refractivity contribution in [3.63, 3.8) is 0 Å². The van der Waals surface area contributed by atoms with Gasteiger partial charge in [0, 0.05) is 13.0 Å². The third-order valence-electron chi connectivity index (χ3n) is 8.14. The summed E-state index contributed by atoms with van der Waals surface area (Å²) in [7, 11) is -4.33. The molecule has 0 saturated carbocycles. The number of amides is 1. The molecule has 0 aromatic rings. The summed E-state index contributed by atoms with van der Waals surface area (Å²) in [6.45, 7) is 4.02. The topological polar surface area (TPSA) is 131 Å². The molecule has 8 nitrogen and oxygen atoms in total. The lowest BCUT2D eigenvalue weighted by Gasteiger charge is -2.25. The number of unbranched alkanes of at least 4 members (excludes halogenated alkanes) is 13. The largest absolute Gasteiger partial charge is 0.472 e. The summed E-state index contributed by atoms with van der Waals surface area (Å²) in [6.07, 6.45) is 43.7. The lowest BCUT2D eigenvalue weighted by Crippen LogP contribution is -2.46. The van der Waals surface area contributed by atoms with Crippen LogP contribution in [0.25, 0.3) is 0 Å². The van der Waals surface area contributed by atoms with Gasteiger partial charge in [-0.05, 0) is 51.4 Å². The Hall–Kier alpha value is -1.80. The van der Waals surface area contributed by atoms with E-state index < -0.39 is 20.0 Å². The van der Waals surface area contributed by atoms with Gasteiger partial charge in [-0.15, -0.1) is 0 Å². The minimum absolute atomic E-state index is 0.0770. The smallest absolute Gasteiger partial charge is 0.391 e. The van der Waals surface area contributed by atoms with Gasteiger partial charge in [0.05, 0.1) is 25.4 Å². The fraction of sp³-hybridized carbons (Fsp3) is 0.725. The molecule has 5 N–H and O–H groups in total. The zero-order chi connectivity index (χ0) is 36.1. The van der Waals surface area contributed by atoms with Crippen molar-refractivity contribution in [2.24, 2.45) is 5.73 Å². The van der Waals surface area contributed by atoms with E-state index in [0.717, 1.165) is 57.8 Å². The highest BCUT2D eigenvalue weighted by Crippen LogP contribution is 2.43. The van der Waals surface area contributed by atoms with Crippen LogP contribution in [0.15, 0.2) is 60.8 Å². The van der Waals surface area contributed by atoms with Crippen LogP contribution in [0.3, 0.4) is 0 Å². The highest BCUT2D eigenvalue weighted by molar-refractivity contribution is 7.47. The molecule has 0 aromatic carbocycles. The van der Waals surface area contributed by atoms with Gasteiger partial charge in [-0.2, -0.15) is 0 Å². The van der Waals surface area contributed by atoms with Gasteiger partial charge in [-0.25, -0.2) is 4.57 Å². The maximum absolute atomic E-state index is 12.7. The van der Waals surface area contributed by atoms with Crippen LogP contribution in [0.4, 0.5) is 0 Å². The zero-order valence-electron chi connectivity index (χ0n) is 31.2. The van der Waals surface area contributed by atoms with Crippen LogP contribution in [0.2, 0.25) is 0 Å². The van der Waals surface area contributed by atoms with Crippen molar-refractivity contribution in [3.8, 4) is 0 Å². The Balaban J connectivity index is 4.37. The van der Waals surface area contributed by atoms with E-state index in [1.54, 1.807) is 0 Å². The number of hydrogen-bond donors (Lipinski definition) is 4. The minimum Gasteiger partial charge on any atom is -0.391 e. The first-order valence-electron chi connectivity index (χ1n) is 19.4. The van der Waals surface area contributed by atoms with E-state index in [1.165, 1.54) is 64.2 Å². The van der Waals surface area contributed by atoms with E-state index in [2.05, 4.69) is 79.9 Å². The van der Waals surface area contributed by atoms with Gasteiger partial charge in [0.1, 0.15) is 0 Å². The summed E-state index contributed by atoms with van der Waals surface area (Å²) in [5, 5.41) is 13.7. The Morgan fingerprint density at radius 1 is 0.694 bits per heavy atom. The number of rotatable bonds is 35. The Morgan fingerprint density at radius 3 is 1.65 bits per heavy atom. The van der Waals surface area contributed by atoms with E-state index in [4.69, 9.17) is 14.8 Å². The second-order valence-electron chi connectivity index (χ2n) is 12.8. The highest BCUT2D eigenvalue weighted by atomic mass is 31.2. The number of phosphoric ester groups is 1. The second-order valence-corrected chi connectivity index (χ2v) is 14.2. The minimum atomic E-state index is -4.33. The number of allylic oxidation sites excluding steroid dienone is 10. The van der Waals surface area contributed by atoms with Gasteiger partial charge in [0.2, 0.25) is 5.91 Å². The average molecular weight is 709 g/mol. The van der Waals surface area contributed by atoms with Crippen LogP contribution >= 0.6 is 7.82 Å². The Morgan fingerprint density at radius 2 is 1.16 bits per heavy atom. The van der Waals surface area contributed by atoms with E-state index in [9.17, 15) is 19.4 Å². The molecular formula is C40H73N2O6P. The molecule has 0 bridgehead atoms. The first-order valence-corrected chi connectivity index (χ1v) is 20.9. The molecule has 284 valence electrons. The molecule has 0 rings (SSSR count). The van der Waals surface area contributed by atoms with E-state index in [1.807, 2.05) is 0 Å². The van der Waals surface area contributed by atoms with Crippen molar-refractivity contribution >= 4 is 13.7 Å². The van der Waals surface area contributed by atoms with Crippen LogP contribution in [-0.4, -0.2) is 47.8 Å². The molecule has 3 atom stereocenters. The summed E-state index contributed by atoms with van der Waals surface area (Å²) in [4.78, 5) is 22.6. The summed E-state index contributed by atoms with van der Waals surface area (Å²) in [6, 6.07) is -0.805. The second kappa shape index (κ2) is 36.0. The third-order valence-corrected chi connectivity index (χ3v) is 9.12. The molecule has 0 spiro atoms. The number of aliphatic hydroxyl groups is 1. The van der Waals surface area contributed by atoms with E-state index in [-0.39, 0.29) is 32.1 Å². The van der Waals surface area contributed by atoms with E-state index in [0.29, 0.717) is 12.8 Å². The molecule has 1 amide bonds. The van der Waals surface area contributed by atoms with Crippen molar-refractivity contribution in [2.45, 2.75) is 167 Å². The standard InChI is InChI=1S/C40H73N2O6P/c1-3-5-7-9-11-13-15-17-18-19-20-22-24-26-28-30-32-34-40(44)42-38(37-48-49(45,46)47-36-35-41)39(43)33-31-29-27-25-23-21-16-14-12-10-8-6-4-2/h5,7,11,13,17-18,20,22,26,28,38-39,43H,3-4,6,8-10,12,14-16,19,21,23-25,27,29-37,41H2,1-2H3,(H,42,44)(H,45,46)/b7-5-,13-11-,18-17-,22-20-,28-26-. The summed E-state index contributed by atoms with van der Waals surface area (Å²) >= 11 is 0. The number of aliphatic hydroxyl groups excluding tert-OH is 1. The monoisotopic (exact) mass is 709 g/mol. The number of nitrogens with one attached hydrogen (secondary N) is 1. The fourth-order valence-electron chi connectivity index (χ4n) is 5.23. The lowest BCUT2D eigenvalue weighted by molar-refractivity contribution is -0.123. The van der Waals surface area contributed by atoms with Crippen LogP contribution < -0.4 is 11.1 Å². The summed E-state index contributed by atoms with van der Waals surface area (Å²) in [5.74, 6) is -0.221. The molecule has 0 aliphatic heterocycles. The number of carbonyl (C=O) groups excluding carboxylic acids is 1. The summed E-state index contributed by atoms with van der Waals surface area (Å²) in [5.41, 5.74) is 5.36. The van der Waals surface area contributed by atoms with Crippen molar-refractivity contribution in [1.29, 1.82) is 0 Å². The van der Waals surface area contributed by atoms with Gasteiger partial charge >= 0.3 is 7.82 Å². The molecule has 3 unspecified atom stereocenters. The molecule has 49 heavy (non-hydrogen) atoms. The Bertz CT molecular complexity index is 949. The Labute approximate surface area is 300 Å². The van der Waals surface area contributed by atoms with E-state index >= 15 is 0 Å². The van der Waals surface area contributed by atoms with Crippen LogP contribution in [0.5, 0.6) is 0 Å². The lowest BCUT2D eigenvalue weighted by atomic mass is 10.0. The van der Waals surface area contributed by atoms with Crippen molar-refractivity contribution in [1.82, 2.24) is 5.32 Å². The molecule has 0 saturated heterocycles. The third kappa shape index (κ3) is 34.4. The zero-order valence-corrected chi connectivity index (χ0v) is 32.1. The highest BCUT2D eigenvalue weighted by Gasteiger charge is 2.27. The van der Waals surface area contributed by atoms with Crippen LogP contribution in [0.1, 0.15) is 155 Å². The normalized spacial score (nSPS) is 15.0. The number of carbonyl (C=O) groups is 1. The van der Waals surface area contributed by atoms with Crippen LogP contribution in [0, 0.1) is 0 Å². The van der Waals surface area contributed by atoms with Crippen molar-refractivity contribution in [2.75, 3.05) is 19.8 Å². The SMILES string of the molecule is CC/C=C\C/C=C\C/C=C\C/C=C\C/C=C\CCCC(=O)NC(COP(=O)(O)OCCN)C(O)CCCCCCCCCCCCCCC. The maximum atomic E-state index is 12.7. The van der Waals surface area contributed by atoms with Crippen molar-refractivity contribution in [3.05, 3.63) is 60.8 Å². The van der Waals surface area contributed by atoms with Gasteiger partial charge in [0.15, 0.2) is 0 Å². The first kappa shape index (κ1) is 47.2. The molecular weight excluding hydrogens is 635 g/mol. The van der Waals surface area contributed by atoms with Gasteiger partial charge in [-0.1, -0.05) is 158 Å². The molecule has 0 aromatic heterocycles. The number of hydrogen-bond acceptors (Lipinski definition) is 6. The predicted octanol–water partition coefficient (Wildman–Crippen LogP) is 10.3. The van der Waals surface area contributed by atoms with Gasteiger partial charge < -0.3 is 21.1 Å². The molecule has 0 radical (unpaired) electrons. The molecule has 0 aliphatic carbocycles. The molecule has 0 heterocycles. The number of nitrogens with two attached hydrogens (primary N) is 1. The predicted molar refractivity (Wildman–Crippen MR) is 207 cm³/mol. The number of phosphoric acid groups is 1. The van der Waals surface area contributed by atoms with Gasteiger partial charge in [0.25, 0.3) is 0 Å². The van der Waals surface area contributed by atoms with Crippen molar-refractivity contribution < 1.29 is 28.4 Å². The summed E-state index contributed by atoms with van der Waals surface area (Å²) < 4.78 is 22.1. The molecule has 0 fully saturated rings. The average Bonchev–Trinajstić information content (AvgIpc) is 3.09. The maximum Gasteiger partial charge on any atom is 0.472 e.